The molecule has 0 unspecified atom stereocenters. The molecule has 0 spiro atoms. The van der Waals surface area contributed by atoms with Gasteiger partial charge in [-0.1, -0.05) is 29.4 Å². The van der Waals surface area contributed by atoms with E-state index in [0.717, 1.165) is 16.5 Å². The van der Waals surface area contributed by atoms with Crippen molar-refractivity contribution in [1.82, 2.24) is 19.4 Å². The molecule has 0 amide bonds. The number of fused-ring (bicyclic) bond motifs is 1. The summed E-state index contributed by atoms with van der Waals surface area (Å²) >= 11 is 7.77. The summed E-state index contributed by atoms with van der Waals surface area (Å²) in [4.78, 5) is 13.0. The highest BCUT2D eigenvalue weighted by Crippen LogP contribution is 2.23. The molecule has 6 nitrogen and oxygen atoms in total. The van der Waals surface area contributed by atoms with Crippen LogP contribution in [0.3, 0.4) is 0 Å². The molecule has 2 aromatic heterocycles. The second-order valence-electron chi connectivity index (χ2n) is 4.44. The number of halogens is 1. The normalized spacial score (nSPS) is 10.9. The van der Waals surface area contributed by atoms with Gasteiger partial charge in [-0.2, -0.15) is 9.97 Å². The molecule has 0 bridgehead atoms. The van der Waals surface area contributed by atoms with Gasteiger partial charge in [0.15, 0.2) is 5.16 Å². The summed E-state index contributed by atoms with van der Waals surface area (Å²) < 4.78 is 6.98. The molecule has 0 saturated carbocycles. The van der Waals surface area contributed by atoms with Crippen LogP contribution in [-0.2, 0) is 6.54 Å². The molecule has 0 radical (unpaired) electrons. The number of ether oxygens (including phenoxy) is 1. The molecule has 8 heteroatoms. The molecule has 0 atom stereocenters. The number of thioether (sulfide) groups is 1. The van der Waals surface area contributed by atoms with Gasteiger partial charge in [0.25, 0.3) is 0 Å². The number of imidazole rings is 1. The minimum atomic E-state index is 0.521. The van der Waals surface area contributed by atoms with Crippen molar-refractivity contribution in [3.63, 3.8) is 0 Å². The van der Waals surface area contributed by atoms with Crippen molar-refractivity contribution in [1.29, 1.82) is 0 Å². The van der Waals surface area contributed by atoms with Crippen molar-refractivity contribution in [2.75, 3.05) is 18.7 Å². The largest absolute Gasteiger partial charge is 0.497 e. The average Bonchev–Trinajstić information content (AvgIpc) is 3.01. The molecule has 1 N–H and O–H groups in total. The van der Waals surface area contributed by atoms with Gasteiger partial charge in [-0.25, -0.2) is 4.98 Å². The van der Waals surface area contributed by atoms with Crippen LogP contribution >= 0.6 is 23.4 Å². The standard InChI is InChI=1S/C14H14ClN5OS/c1-21-10-4-3-9(11(15)7-10)8-17-12-18-13-16-5-6-20(13)14(19-12)22-2/h3-7H,8H2,1-2H3,(H,16,17,18). The van der Waals surface area contributed by atoms with Crippen molar-refractivity contribution in [2.45, 2.75) is 11.7 Å². The third kappa shape index (κ3) is 2.95. The summed E-state index contributed by atoms with van der Waals surface area (Å²) in [7, 11) is 1.61. The third-order valence-corrected chi connectivity index (χ3v) is 4.12. The van der Waals surface area contributed by atoms with Gasteiger partial charge in [0, 0.05) is 24.0 Å². The Kier molecular flexibility index (Phi) is 4.35. The Bertz CT molecular complexity index is 807. The highest BCUT2D eigenvalue weighted by atomic mass is 35.5. The molecule has 2 heterocycles. The zero-order chi connectivity index (χ0) is 15.5. The van der Waals surface area contributed by atoms with Gasteiger partial charge < -0.3 is 10.1 Å². The van der Waals surface area contributed by atoms with E-state index in [2.05, 4.69) is 20.3 Å². The average molecular weight is 336 g/mol. The molecule has 114 valence electrons. The fraction of sp³-hybridized carbons (Fsp3) is 0.214. The summed E-state index contributed by atoms with van der Waals surface area (Å²) in [5.41, 5.74) is 0.944. The fourth-order valence-corrected chi connectivity index (χ4v) is 2.74. The lowest BCUT2D eigenvalue weighted by molar-refractivity contribution is 0.414. The third-order valence-electron chi connectivity index (χ3n) is 3.11. The minimum absolute atomic E-state index is 0.521. The first kappa shape index (κ1) is 14.9. The zero-order valence-corrected chi connectivity index (χ0v) is 13.6. The molecule has 3 aromatic rings. The Balaban J connectivity index is 1.81. The van der Waals surface area contributed by atoms with Crippen molar-refractivity contribution in [3.8, 4) is 5.75 Å². The second kappa shape index (κ2) is 6.41. The number of benzene rings is 1. The molecule has 0 aliphatic carbocycles. The first-order chi connectivity index (χ1) is 10.7. The van der Waals surface area contributed by atoms with E-state index in [1.54, 1.807) is 19.4 Å². The van der Waals surface area contributed by atoms with Crippen LogP contribution in [0.25, 0.3) is 5.78 Å². The van der Waals surface area contributed by atoms with E-state index in [0.29, 0.717) is 23.3 Å². The molecule has 22 heavy (non-hydrogen) atoms. The van der Waals surface area contributed by atoms with Crippen molar-refractivity contribution in [2.24, 2.45) is 0 Å². The van der Waals surface area contributed by atoms with E-state index >= 15 is 0 Å². The summed E-state index contributed by atoms with van der Waals surface area (Å²) in [6.45, 7) is 0.521. The van der Waals surface area contributed by atoms with Gasteiger partial charge in [-0.3, -0.25) is 4.40 Å². The Morgan fingerprint density at radius 3 is 2.95 bits per heavy atom. The lowest BCUT2D eigenvalue weighted by Gasteiger charge is -2.09. The van der Waals surface area contributed by atoms with E-state index in [1.165, 1.54) is 11.8 Å². The fourth-order valence-electron chi connectivity index (χ4n) is 1.99. The van der Waals surface area contributed by atoms with Crippen LogP contribution in [-0.4, -0.2) is 32.7 Å². The monoisotopic (exact) mass is 335 g/mol. The quantitative estimate of drug-likeness (QED) is 0.723. The minimum Gasteiger partial charge on any atom is -0.497 e. The molecular formula is C14H14ClN5OS. The number of nitrogens with zero attached hydrogens (tertiary/aromatic N) is 4. The second-order valence-corrected chi connectivity index (χ2v) is 5.62. The lowest BCUT2D eigenvalue weighted by atomic mass is 10.2. The molecule has 0 aliphatic rings. The van der Waals surface area contributed by atoms with E-state index in [1.807, 2.05) is 29.0 Å². The van der Waals surface area contributed by atoms with Crippen LogP contribution in [0.1, 0.15) is 5.56 Å². The van der Waals surface area contributed by atoms with Crippen LogP contribution in [0.4, 0.5) is 5.95 Å². The molecule has 1 aromatic carbocycles. The van der Waals surface area contributed by atoms with Crippen molar-refractivity contribution >= 4 is 35.1 Å². The number of methoxy groups -OCH3 is 1. The van der Waals surface area contributed by atoms with Gasteiger partial charge in [0.1, 0.15) is 5.75 Å². The van der Waals surface area contributed by atoms with E-state index in [4.69, 9.17) is 16.3 Å². The number of nitrogens with one attached hydrogen (secondary N) is 1. The van der Waals surface area contributed by atoms with Gasteiger partial charge in [0.05, 0.1) is 7.11 Å². The van der Waals surface area contributed by atoms with E-state index in [9.17, 15) is 0 Å². The van der Waals surface area contributed by atoms with Gasteiger partial charge >= 0.3 is 0 Å². The molecular weight excluding hydrogens is 322 g/mol. The Hall–Kier alpha value is -1.99. The van der Waals surface area contributed by atoms with Crippen LogP contribution in [0.2, 0.25) is 5.02 Å². The van der Waals surface area contributed by atoms with Crippen LogP contribution in [0.5, 0.6) is 5.75 Å². The highest BCUT2D eigenvalue weighted by Gasteiger charge is 2.08. The summed E-state index contributed by atoms with van der Waals surface area (Å²) in [5.74, 6) is 1.87. The first-order valence-corrected chi connectivity index (χ1v) is 8.13. The summed E-state index contributed by atoms with van der Waals surface area (Å²) in [6, 6.07) is 5.57. The first-order valence-electron chi connectivity index (χ1n) is 6.52. The SMILES string of the molecule is COc1ccc(CNc2nc(SC)n3ccnc3n2)c(Cl)c1. The molecule has 3 rings (SSSR count). The van der Waals surface area contributed by atoms with Gasteiger partial charge in [0.2, 0.25) is 11.7 Å². The maximum absolute atomic E-state index is 6.23. The number of hydrogen-bond acceptors (Lipinski definition) is 6. The number of rotatable bonds is 5. The molecule has 0 saturated heterocycles. The summed E-state index contributed by atoms with van der Waals surface area (Å²) in [6.07, 6.45) is 5.50. The number of anilines is 1. The summed E-state index contributed by atoms with van der Waals surface area (Å²) in [5, 5.41) is 4.64. The maximum atomic E-state index is 6.23. The van der Waals surface area contributed by atoms with Crippen LogP contribution in [0.15, 0.2) is 35.7 Å². The Morgan fingerprint density at radius 1 is 1.36 bits per heavy atom. The maximum Gasteiger partial charge on any atom is 0.239 e. The highest BCUT2D eigenvalue weighted by molar-refractivity contribution is 7.98. The molecule has 0 fully saturated rings. The predicted octanol–water partition coefficient (Wildman–Crippen LogP) is 3.12. The van der Waals surface area contributed by atoms with E-state index in [-0.39, 0.29) is 0 Å². The Morgan fingerprint density at radius 2 is 2.23 bits per heavy atom. The lowest BCUT2D eigenvalue weighted by Crippen LogP contribution is -2.07. The van der Waals surface area contributed by atoms with Gasteiger partial charge in [-0.15, -0.1) is 0 Å². The van der Waals surface area contributed by atoms with E-state index < -0.39 is 0 Å². The predicted molar refractivity (Wildman–Crippen MR) is 87.9 cm³/mol. The Labute approximate surface area is 136 Å². The van der Waals surface area contributed by atoms with Crippen LogP contribution < -0.4 is 10.1 Å². The van der Waals surface area contributed by atoms with Gasteiger partial charge in [-0.05, 0) is 24.0 Å². The topological polar surface area (TPSA) is 64.3 Å². The zero-order valence-electron chi connectivity index (χ0n) is 12.1. The number of hydrogen-bond donors (Lipinski definition) is 1. The smallest absolute Gasteiger partial charge is 0.239 e. The van der Waals surface area contributed by atoms with Crippen molar-refractivity contribution < 1.29 is 4.74 Å². The number of aromatic nitrogens is 4. The van der Waals surface area contributed by atoms with Crippen molar-refractivity contribution in [3.05, 3.63) is 41.2 Å². The molecule has 0 aliphatic heterocycles. The van der Waals surface area contributed by atoms with Crippen LogP contribution in [0, 0.1) is 0 Å².